The molecule has 1 aromatic carbocycles. The normalized spacial score (nSPS) is 11.6. The Morgan fingerprint density at radius 2 is 2.07 bits per heavy atom. The van der Waals surface area contributed by atoms with Crippen molar-refractivity contribution in [3.63, 3.8) is 0 Å². The lowest BCUT2D eigenvalue weighted by Crippen LogP contribution is -1.95. The Kier molecular flexibility index (Phi) is 3.44. The van der Waals surface area contributed by atoms with Crippen LogP contribution in [0.3, 0.4) is 0 Å². The largest absolute Gasteiger partial charge is 0.506 e. The molecule has 0 spiro atoms. The zero-order valence-electron chi connectivity index (χ0n) is 7.29. The van der Waals surface area contributed by atoms with Crippen molar-refractivity contribution in [1.82, 2.24) is 0 Å². The maximum absolute atomic E-state index is 10.8. The highest BCUT2D eigenvalue weighted by atomic mass is 79.9. The van der Waals surface area contributed by atoms with Crippen molar-refractivity contribution in [2.24, 2.45) is 0 Å². The van der Waals surface area contributed by atoms with E-state index in [2.05, 4.69) is 15.9 Å². The summed E-state index contributed by atoms with van der Waals surface area (Å²) in [6, 6.07) is 3.11. The first-order chi connectivity index (χ1) is 6.29. The molecule has 1 aromatic rings. The van der Waals surface area contributed by atoms with E-state index in [-0.39, 0.29) is 11.5 Å². The Morgan fingerprint density at radius 1 is 1.50 bits per heavy atom. The van der Waals surface area contributed by atoms with Crippen molar-refractivity contribution in [3.05, 3.63) is 27.7 Å². The fourth-order valence-electron chi connectivity index (χ4n) is 1.09. The van der Waals surface area contributed by atoms with Crippen LogP contribution < -0.4 is 0 Å². The van der Waals surface area contributed by atoms with Crippen LogP contribution in [-0.2, 0) is 14.8 Å². The molecule has 14 heavy (non-hydrogen) atoms. The van der Waals surface area contributed by atoms with E-state index < -0.39 is 9.05 Å². The van der Waals surface area contributed by atoms with Crippen molar-refractivity contribution >= 4 is 35.7 Å². The van der Waals surface area contributed by atoms with Gasteiger partial charge in [-0.05, 0) is 40.0 Å². The van der Waals surface area contributed by atoms with E-state index in [1.807, 2.05) is 0 Å². The molecule has 0 amide bonds. The highest BCUT2D eigenvalue weighted by Crippen LogP contribution is 2.29. The van der Waals surface area contributed by atoms with Gasteiger partial charge in [-0.15, -0.1) is 0 Å². The van der Waals surface area contributed by atoms with Gasteiger partial charge in [0.1, 0.15) is 5.75 Å². The minimum absolute atomic E-state index is 0.112. The zero-order chi connectivity index (χ0) is 10.9. The lowest BCUT2D eigenvalue weighted by Gasteiger charge is -2.05. The maximum atomic E-state index is 10.8. The lowest BCUT2D eigenvalue weighted by atomic mass is 10.1. The van der Waals surface area contributed by atoms with Gasteiger partial charge in [0, 0.05) is 10.7 Å². The van der Waals surface area contributed by atoms with Crippen LogP contribution in [0.1, 0.15) is 11.1 Å². The van der Waals surface area contributed by atoms with Crippen LogP contribution in [0.15, 0.2) is 16.6 Å². The molecule has 3 nitrogen and oxygen atoms in total. The fraction of sp³-hybridized carbons (Fsp3) is 0.250. The third kappa shape index (κ3) is 3.15. The summed E-state index contributed by atoms with van der Waals surface area (Å²) < 4.78 is 22.1. The minimum Gasteiger partial charge on any atom is -0.506 e. The van der Waals surface area contributed by atoms with Gasteiger partial charge in [0.2, 0.25) is 9.05 Å². The van der Waals surface area contributed by atoms with Crippen LogP contribution in [0.25, 0.3) is 0 Å². The predicted molar refractivity (Wildman–Crippen MR) is 59.0 cm³/mol. The predicted octanol–water partition coefficient (Wildman–Crippen LogP) is 2.53. The van der Waals surface area contributed by atoms with Crippen molar-refractivity contribution in [2.75, 3.05) is 0 Å². The molecular formula is C8H8BrClO3S. The van der Waals surface area contributed by atoms with Crippen LogP contribution >= 0.6 is 26.6 Å². The third-order valence-electron chi connectivity index (χ3n) is 1.65. The number of halogens is 2. The smallest absolute Gasteiger partial charge is 0.236 e. The van der Waals surface area contributed by atoms with Gasteiger partial charge >= 0.3 is 0 Å². The van der Waals surface area contributed by atoms with E-state index in [9.17, 15) is 13.5 Å². The second-order valence-corrected chi connectivity index (χ2v) is 6.56. The van der Waals surface area contributed by atoms with Gasteiger partial charge < -0.3 is 5.11 Å². The molecule has 78 valence electrons. The van der Waals surface area contributed by atoms with Crippen molar-refractivity contribution < 1.29 is 13.5 Å². The summed E-state index contributed by atoms with van der Waals surface area (Å²) in [5.74, 6) is -0.130. The summed E-state index contributed by atoms with van der Waals surface area (Å²) in [4.78, 5) is 0. The molecule has 0 unspecified atom stereocenters. The molecule has 0 aliphatic heterocycles. The number of phenols is 1. The molecule has 1 rings (SSSR count). The van der Waals surface area contributed by atoms with Crippen molar-refractivity contribution in [3.8, 4) is 5.75 Å². The maximum Gasteiger partial charge on any atom is 0.236 e. The summed E-state index contributed by atoms with van der Waals surface area (Å²) in [7, 11) is 1.55. The molecule has 0 bridgehead atoms. The van der Waals surface area contributed by atoms with Crippen LogP contribution in [0, 0.1) is 6.92 Å². The van der Waals surface area contributed by atoms with Crippen LogP contribution in [-0.4, -0.2) is 13.5 Å². The molecular weight excluding hydrogens is 292 g/mol. The van der Waals surface area contributed by atoms with Gasteiger partial charge in [-0.25, -0.2) is 8.42 Å². The van der Waals surface area contributed by atoms with Crippen molar-refractivity contribution in [1.29, 1.82) is 0 Å². The number of hydrogen-bond acceptors (Lipinski definition) is 3. The van der Waals surface area contributed by atoms with Gasteiger partial charge in [-0.3, -0.25) is 0 Å². The average Bonchev–Trinajstić information content (AvgIpc) is 1.96. The van der Waals surface area contributed by atoms with Gasteiger partial charge in [-0.2, -0.15) is 0 Å². The number of aryl methyl sites for hydroxylation is 1. The third-order valence-corrected chi connectivity index (χ3v) is 3.26. The minimum atomic E-state index is -3.55. The van der Waals surface area contributed by atoms with Crippen LogP contribution in [0.4, 0.5) is 0 Å². The number of rotatable bonds is 2. The average molecular weight is 300 g/mol. The van der Waals surface area contributed by atoms with E-state index >= 15 is 0 Å². The highest BCUT2D eigenvalue weighted by molar-refractivity contribution is 9.10. The first kappa shape index (κ1) is 11.8. The SMILES string of the molecule is Cc1cc(CS(=O)(=O)Cl)cc(Br)c1O. The van der Waals surface area contributed by atoms with E-state index in [0.717, 1.165) is 0 Å². The molecule has 0 fully saturated rings. The van der Waals surface area contributed by atoms with E-state index in [1.165, 1.54) is 6.07 Å². The molecule has 0 aliphatic carbocycles. The highest BCUT2D eigenvalue weighted by Gasteiger charge is 2.10. The number of benzene rings is 1. The molecule has 1 N–H and O–H groups in total. The molecule has 0 saturated carbocycles. The monoisotopic (exact) mass is 298 g/mol. The quantitative estimate of drug-likeness (QED) is 0.854. The Balaban J connectivity index is 3.14. The van der Waals surface area contributed by atoms with Gasteiger partial charge in [0.15, 0.2) is 0 Å². The van der Waals surface area contributed by atoms with Gasteiger partial charge in [-0.1, -0.05) is 6.07 Å². The Labute approximate surface area is 95.3 Å². The summed E-state index contributed by atoms with van der Waals surface area (Å²) in [6.45, 7) is 1.68. The summed E-state index contributed by atoms with van der Waals surface area (Å²) in [5, 5.41) is 9.40. The first-order valence-electron chi connectivity index (χ1n) is 3.70. The first-order valence-corrected chi connectivity index (χ1v) is 6.97. The number of aromatic hydroxyl groups is 1. The van der Waals surface area contributed by atoms with Gasteiger partial charge in [0.05, 0.1) is 10.2 Å². The van der Waals surface area contributed by atoms with E-state index in [4.69, 9.17) is 10.7 Å². The molecule has 0 aliphatic rings. The van der Waals surface area contributed by atoms with E-state index in [0.29, 0.717) is 15.6 Å². The number of phenolic OH excluding ortho intramolecular Hbond substituents is 1. The second-order valence-electron chi connectivity index (χ2n) is 2.93. The molecule has 0 atom stereocenters. The lowest BCUT2D eigenvalue weighted by molar-refractivity contribution is 0.467. The standard InChI is InChI=1S/C8H8BrClO3S/c1-5-2-6(4-14(10,12)13)3-7(9)8(5)11/h2-3,11H,4H2,1H3. The molecule has 0 aromatic heterocycles. The molecule has 0 radical (unpaired) electrons. The fourth-order valence-corrected chi connectivity index (χ4v) is 2.64. The molecule has 0 heterocycles. The Hall–Kier alpha value is -0.260. The topological polar surface area (TPSA) is 54.4 Å². The van der Waals surface area contributed by atoms with Crippen LogP contribution in [0.2, 0.25) is 0 Å². The van der Waals surface area contributed by atoms with Gasteiger partial charge in [0.25, 0.3) is 0 Å². The second kappa shape index (κ2) is 4.08. The number of hydrogen-bond donors (Lipinski definition) is 1. The molecule has 6 heteroatoms. The zero-order valence-corrected chi connectivity index (χ0v) is 10.4. The Bertz CT molecular complexity index is 433. The van der Waals surface area contributed by atoms with Crippen LogP contribution in [0.5, 0.6) is 5.75 Å². The Morgan fingerprint density at radius 3 is 2.50 bits per heavy atom. The summed E-state index contributed by atoms with van der Waals surface area (Å²) >= 11 is 3.12. The summed E-state index contributed by atoms with van der Waals surface area (Å²) in [6.07, 6.45) is 0. The molecule has 0 saturated heterocycles. The van der Waals surface area contributed by atoms with E-state index in [1.54, 1.807) is 13.0 Å². The summed E-state index contributed by atoms with van der Waals surface area (Å²) in [5.41, 5.74) is 1.15. The van der Waals surface area contributed by atoms with Crippen molar-refractivity contribution in [2.45, 2.75) is 12.7 Å².